The molecule has 0 radical (unpaired) electrons. The molecule has 6 heteroatoms. The number of nitrogens with zero attached hydrogens (tertiary/aromatic N) is 1. The summed E-state index contributed by atoms with van der Waals surface area (Å²) in [4.78, 5) is 16.6. The number of halogens is 2. The van der Waals surface area contributed by atoms with Crippen LogP contribution in [0.3, 0.4) is 0 Å². The number of nitrogens with one attached hydrogen (secondary N) is 1. The number of carbonyl (C=O) groups excluding carboxylic acids is 1. The van der Waals surface area contributed by atoms with Gasteiger partial charge in [0.1, 0.15) is 5.82 Å². The zero-order valence-corrected chi connectivity index (χ0v) is 13.8. The average Bonchev–Trinajstić information content (AvgIpc) is 2.94. The topological polar surface area (TPSA) is 42.0 Å². The van der Waals surface area contributed by atoms with E-state index in [0.717, 1.165) is 29.4 Å². The highest BCUT2D eigenvalue weighted by atomic mass is 35.5. The number of aromatic nitrogens is 1. The van der Waals surface area contributed by atoms with Crippen LogP contribution in [0.2, 0.25) is 5.02 Å². The van der Waals surface area contributed by atoms with Gasteiger partial charge < -0.3 is 5.32 Å². The van der Waals surface area contributed by atoms with Crippen LogP contribution in [-0.2, 0) is 6.42 Å². The molecule has 23 heavy (non-hydrogen) atoms. The lowest BCUT2D eigenvalue weighted by molar-refractivity contribution is 0.0953. The maximum absolute atomic E-state index is 13.0. The minimum atomic E-state index is -0.456. The van der Waals surface area contributed by atoms with Crippen molar-refractivity contribution in [1.82, 2.24) is 10.3 Å². The Balaban J connectivity index is 1.52. The Morgan fingerprint density at radius 1 is 1.26 bits per heavy atom. The van der Waals surface area contributed by atoms with Crippen LogP contribution in [0, 0.1) is 5.82 Å². The molecule has 118 valence electrons. The molecule has 1 N–H and O–H groups in total. The number of thiazole rings is 1. The SMILES string of the molecule is O=C(NCCCc1nc2ccccc2s1)c1ccc(F)cc1Cl. The Morgan fingerprint density at radius 2 is 2.09 bits per heavy atom. The van der Waals surface area contributed by atoms with Crippen molar-refractivity contribution < 1.29 is 9.18 Å². The number of fused-ring (bicyclic) bond motifs is 1. The molecule has 0 saturated carbocycles. The van der Waals surface area contributed by atoms with Gasteiger partial charge in [-0.2, -0.15) is 0 Å². The Hall–Kier alpha value is -1.98. The summed E-state index contributed by atoms with van der Waals surface area (Å²) in [6.45, 7) is 0.516. The molecule has 0 aliphatic rings. The molecule has 0 atom stereocenters. The average molecular weight is 349 g/mol. The Bertz CT molecular complexity index is 816. The first-order valence-electron chi connectivity index (χ1n) is 7.21. The molecule has 0 unspecified atom stereocenters. The van der Waals surface area contributed by atoms with Crippen LogP contribution in [0.4, 0.5) is 4.39 Å². The van der Waals surface area contributed by atoms with Crippen LogP contribution in [0.15, 0.2) is 42.5 Å². The predicted octanol–water partition coefficient (Wildman–Crippen LogP) is 4.45. The number of rotatable bonds is 5. The second-order valence-electron chi connectivity index (χ2n) is 5.06. The standard InChI is InChI=1S/C17H14ClFN2OS/c18-13-10-11(19)7-8-12(13)17(22)20-9-3-6-16-21-14-4-1-2-5-15(14)23-16/h1-2,4-5,7-8,10H,3,6,9H2,(H,20,22). The summed E-state index contributed by atoms with van der Waals surface area (Å²) >= 11 is 7.54. The second-order valence-corrected chi connectivity index (χ2v) is 6.58. The van der Waals surface area contributed by atoms with Crippen molar-refractivity contribution in [3.05, 3.63) is 63.9 Å². The molecule has 1 amide bonds. The lowest BCUT2D eigenvalue weighted by Gasteiger charge is -2.06. The van der Waals surface area contributed by atoms with Crippen LogP contribution in [-0.4, -0.2) is 17.4 Å². The van der Waals surface area contributed by atoms with Crippen LogP contribution >= 0.6 is 22.9 Å². The zero-order chi connectivity index (χ0) is 16.2. The van der Waals surface area contributed by atoms with Gasteiger partial charge in [-0.3, -0.25) is 4.79 Å². The predicted molar refractivity (Wildman–Crippen MR) is 91.7 cm³/mol. The maximum Gasteiger partial charge on any atom is 0.252 e. The van der Waals surface area contributed by atoms with Crippen LogP contribution in [0.25, 0.3) is 10.2 Å². The fourth-order valence-electron chi connectivity index (χ4n) is 2.24. The molecule has 3 rings (SSSR count). The minimum absolute atomic E-state index is 0.119. The third-order valence-corrected chi connectivity index (χ3v) is 4.78. The van der Waals surface area contributed by atoms with Crippen LogP contribution in [0.5, 0.6) is 0 Å². The molecular weight excluding hydrogens is 335 g/mol. The summed E-state index contributed by atoms with van der Waals surface area (Å²) in [5, 5.41) is 3.97. The molecular formula is C17H14ClFN2OS. The molecule has 0 fully saturated rings. The monoisotopic (exact) mass is 348 g/mol. The van der Waals surface area contributed by atoms with Gasteiger partial charge in [-0.25, -0.2) is 9.37 Å². The van der Waals surface area contributed by atoms with E-state index >= 15 is 0 Å². The fourth-order valence-corrected chi connectivity index (χ4v) is 3.50. The smallest absolute Gasteiger partial charge is 0.252 e. The van der Waals surface area contributed by atoms with Gasteiger partial charge >= 0.3 is 0 Å². The van der Waals surface area contributed by atoms with Gasteiger partial charge in [0.05, 0.1) is 25.8 Å². The number of hydrogen-bond acceptors (Lipinski definition) is 3. The van der Waals surface area contributed by atoms with Gasteiger partial charge in [0.25, 0.3) is 5.91 Å². The van der Waals surface area contributed by atoms with Crippen LogP contribution < -0.4 is 5.32 Å². The highest BCUT2D eigenvalue weighted by Crippen LogP contribution is 2.22. The van der Waals surface area contributed by atoms with E-state index in [9.17, 15) is 9.18 Å². The number of hydrogen-bond donors (Lipinski definition) is 1. The molecule has 0 bridgehead atoms. The number of carbonyl (C=O) groups is 1. The summed E-state index contributed by atoms with van der Waals surface area (Å²) in [5.41, 5.74) is 1.29. The summed E-state index contributed by atoms with van der Waals surface area (Å²) < 4.78 is 14.1. The van der Waals surface area contributed by atoms with Crippen molar-refractivity contribution in [1.29, 1.82) is 0 Å². The van der Waals surface area contributed by atoms with E-state index in [4.69, 9.17) is 11.6 Å². The molecule has 0 saturated heterocycles. The van der Waals surface area contributed by atoms with Gasteiger partial charge in [-0.15, -0.1) is 11.3 Å². The Morgan fingerprint density at radius 3 is 2.87 bits per heavy atom. The van der Waals surface area contributed by atoms with Gasteiger partial charge in [0.2, 0.25) is 0 Å². The first-order chi connectivity index (χ1) is 11.1. The fraction of sp³-hybridized carbons (Fsp3) is 0.176. The summed E-state index contributed by atoms with van der Waals surface area (Å²) in [6.07, 6.45) is 1.58. The molecule has 2 aromatic carbocycles. The third kappa shape index (κ3) is 3.86. The normalized spacial score (nSPS) is 10.9. The molecule has 0 spiro atoms. The van der Waals surface area contributed by atoms with Crippen molar-refractivity contribution in [3.8, 4) is 0 Å². The van der Waals surface area contributed by atoms with Crippen molar-refractivity contribution in [2.45, 2.75) is 12.8 Å². The lowest BCUT2D eigenvalue weighted by atomic mass is 10.2. The maximum atomic E-state index is 13.0. The Labute approximate surface area is 142 Å². The molecule has 0 aliphatic carbocycles. The second kappa shape index (κ2) is 7.06. The number of benzene rings is 2. The van der Waals surface area contributed by atoms with E-state index in [2.05, 4.69) is 16.4 Å². The summed E-state index contributed by atoms with van der Waals surface area (Å²) in [7, 11) is 0. The molecule has 3 nitrogen and oxygen atoms in total. The van der Waals surface area contributed by atoms with Crippen molar-refractivity contribution in [3.63, 3.8) is 0 Å². The Kier molecular flexibility index (Phi) is 4.88. The van der Waals surface area contributed by atoms with E-state index in [0.29, 0.717) is 6.54 Å². The minimum Gasteiger partial charge on any atom is -0.352 e. The van der Waals surface area contributed by atoms with E-state index in [-0.39, 0.29) is 16.5 Å². The van der Waals surface area contributed by atoms with Crippen LogP contribution in [0.1, 0.15) is 21.8 Å². The van der Waals surface area contributed by atoms with E-state index in [1.165, 1.54) is 16.8 Å². The van der Waals surface area contributed by atoms with Gasteiger partial charge in [-0.05, 0) is 36.8 Å². The van der Waals surface area contributed by atoms with Crippen molar-refractivity contribution >= 4 is 39.1 Å². The molecule has 0 aliphatic heterocycles. The first-order valence-corrected chi connectivity index (χ1v) is 8.40. The molecule has 3 aromatic rings. The highest BCUT2D eigenvalue weighted by molar-refractivity contribution is 7.18. The van der Waals surface area contributed by atoms with E-state index in [1.54, 1.807) is 11.3 Å². The van der Waals surface area contributed by atoms with Crippen molar-refractivity contribution in [2.24, 2.45) is 0 Å². The number of aryl methyl sites for hydroxylation is 1. The first kappa shape index (κ1) is 15.9. The van der Waals surface area contributed by atoms with Gasteiger partial charge in [-0.1, -0.05) is 23.7 Å². The largest absolute Gasteiger partial charge is 0.352 e. The van der Waals surface area contributed by atoms with Gasteiger partial charge in [0, 0.05) is 13.0 Å². The summed E-state index contributed by atoms with van der Waals surface area (Å²) in [6, 6.07) is 11.8. The number of amides is 1. The van der Waals surface area contributed by atoms with Crippen molar-refractivity contribution in [2.75, 3.05) is 6.54 Å². The summed E-state index contributed by atoms with van der Waals surface area (Å²) in [5.74, 6) is -0.748. The zero-order valence-electron chi connectivity index (χ0n) is 12.2. The van der Waals surface area contributed by atoms with Gasteiger partial charge in [0.15, 0.2) is 0 Å². The third-order valence-electron chi connectivity index (χ3n) is 3.37. The highest BCUT2D eigenvalue weighted by Gasteiger charge is 2.10. The van der Waals surface area contributed by atoms with E-state index < -0.39 is 5.82 Å². The number of para-hydroxylation sites is 1. The molecule has 1 aromatic heterocycles. The van der Waals surface area contributed by atoms with E-state index in [1.807, 2.05) is 18.2 Å². The lowest BCUT2D eigenvalue weighted by Crippen LogP contribution is -2.25. The molecule has 1 heterocycles. The quantitative estimate of drug-likeness (QED) is 0.692.